The van der Waals surface area contributed by atoms with Crippen molar-refractivity contribution in [3.05, 3.63) is 0 Å². The van der Waals surface area contributed by atoms with Crippen molar-refractivity contribution in [2.75, 3.05) is 20.1 Å². The minimum Gasteiger partial charge on any atom is -0.342 e. The first-order chi connectivity index (χ1) is 7.13. The molecule has 0 aromatic rings. The Morgan fingerprint density at radius 3 is 2.60 bits per heavy atom. The number of hydrogen-bond donors (Lipinski definition) is 1. The molecule has 1 aliphatic carbocycles. The van der Waals surface area contributed by atoms with Gasteiger partial charge in [-0.25, -0.2) is 0 Å². The lowest BCUT2D eigenvalue weighted by molar-refractivity contribution is -0.140. The normalized spacial score (nSPS) is 32.1. The minimum atomic E-state index is -0.142. The number of carbonyl (C=O) groups is 1. The summed E-state index contributed by atoms with van der Waals surface area (Å²) in [7, 11) is 1.99. The molecule has 0 radical (unpaired) electrons. The highest BCUT2D eigenvalue weighted by Crippen LogP contribution is 2.30. The topological polar surface area (TPSA) is 32.3 Å². The number of rotatable bonds is 2. The van der Waals surface area contributed by atoms with Gasteiger partial charge in [0.1, 0.15) is 0 Å². The summed E-state index contributed by atoms with van der Waals surface area (Å²) in [4.78, 5) is 14.4. The van der Waals surface area contributed by atoms with Gasteiger partial charge in [0.25, 0.3) is 0 Å². The Balaban J connectivity index is 1.99. The molecule has 1 unspecified atom stereocenters. The van der Waals surface area contributed by atoms with Crippen molar-refractivity contribution < 1.29 is 4.79 Å². The van der Waals surface area contributed by atoms with Crippen LogP contribution in [0.15, 0.2) is 0 Å². The average molecular weight is 210 g/mol. The molecule has 1 saturated heterocycles. The molecule has 2 aliphatic rings. The second kappa shape index (κ2) is 4.12. The van der Waals surface area contributed by atoms with Crippen LogP contribution in [0.3, 0.4) is 0 Å². The lowest BCUT2D eigenvalue weighted by atomic mass is 9.87. The van der Waals surface area contributed by atoms with Gasteiger partial charge in [-0.3, -0.25) is 4.79 Å². The van der Waals surface area contributed by atoms with Crippen LogP contribution in [-0.2, 0) is 4.79 Å². The van der Waals surface area contributed by atoms with Gasteiger partial charge in [-0.1, -0.05) is 12.8 Å². The predicted octanol–water partition coefficient (Wildman–Crippen LogP) is 1.39. The van der Waals surface area contributed by atoms with Crippen LogP contribution in [0.2, 0.25) is 0 Å². The third-order valence-electron chi connectivity index (χ3n) is 4.08. The first-order valence-corrected chi connectivity index (χ1v) is 6.11. The number of carbonyl (C=O) groups excluding carboxylic acids is 1. The van der Waals surface area contributed by atoms with Crippen molar-refractivity contribution >= 4 is 5.91 Å². The zero-order valence-corrected chi connectivity index (χ0v) is 9.88. The van der Waals surface area contributed by atoms with E-state index in [0.717, 1.165) is 19.5 Å². The van der Waals surface area contributed by atoms with Crippen LogP contribution in [0, 0.1) is 5.41 Å². The second-order valence-electron chi connectivity index (χ2n) is 5.34. The zero-order valence-electron chi connectivity index (χ0n) is 9.88. The molecule has 1 heterocycles. The first kappa shape index (κ1) is 10.9. The molecule has 0 aromatic heterocycles. The second-order valence-corrected chi connectivity index (χ2v) is 5.34. The molecule has 2 rings (SSSR count). The van der Waals surface area contributed by atoms with Gasteiger partial charge in [-0.15, -0.1) is 0 Å². The van der Waals surface area contributed by atoms with Crippen LogP contribution in [0.25, 0.3) is 0 Å². The lowest BCUT2D eigenvalue weighted by Crippen LogP contribution is -2.45. The highest BCUT2D eigenvalue weighted by atomic mass is 16.2. The van der Waals surface area contributed by atoms with E-state index in [4.69, 9.17) is 0 Å². The fourth-order valence-corrected chi connectivity index (χ4v) is 2.88. The molecule has 86 valence electrons. The molecule has 3 heteroatoms. The van der Waals surface area contributed by atoms with Crippen LogP contribution in [0.1, 0.15) is 39.0 Å². The summed E-state index contributed by atoms with van der Waals surface area (Å²) in [5, 5.41) is 3.29. The molecule has 0 aromatic carbocycles. The van der Waals surface area contributed by atoms with E-state index in [9.17, 15) is 4.79 Å². The van der Waals surface area contributed by atoms with E-state index >= 15 is 0 Å². The average Bonchev–Trinajstić information content (AvgIpc) is 2.86. The summed E-state index contributed by atoms with van der Waals surface area (Å²) in [6.45, 7) is 3.93. The van der Waals surface area contributed by atoms with Gasteiger partial charge >= 0.3 is 0 Å². The Morgan fingerprint density at radius 1 is 1.40 bits per heavy atom. The van der Waals surface area contributed by atoms with Gasteiger partial charge in [0.2, 0.25) is 5.91 Å². The quantitative estimate of drug-likeness (QED) is 0.747. The molecule has 1 atom stereocenters. The maximum Gasteiger partial charge on any atom is 0.229 e. The molecule has 3 nitrogen and oxygen atoms in total. The highest BCUT2D eigenvalue weighted by molar-refractivity contribution is 5.83. The van der Waals surface area contributed by atoms with Crippen LogP contribution < -0.4 is 5.32 Å². The van der Waals surface area contributed by atoms with Crippen molar-refractivity contribution in [3.8, 4) is 0 Å². The summed E-state index contributed by atoms with van der Waals surface area (Å²) in [5.74, 6) is 0.347. The summed E-state index contributed by atoms with van der Waals surface area (Å²) < 4.78 is 0. The van der Waals surface area contributed by atoms with E-state index in [1.165, 1.54) is 25.7 Å². The van der Waals surface area contributed by atoms with Crippen molar-refractivity contribution in [2.45, 2.75) is 45.1 Å². The first-order valence-electron chi connectivity index (χ1n) is 6.11. The van der Waals surface area contributed by atoms with Gasteiger partial charge in [0.05, 0.1) is 5.41 Å². The summed E-state index contributed by atoms with van der Waals surface area (Å²) in [5.41, 5.74) is -0.142. The highest BCUT2D eigenvalue weighted by Gasteiger charge is 2.40. The van der Waals surface area contributed by atoms with Gasteiger partial charge in [0, 0.05) is 19.6 Å². The Labute approximate surface area is 92.2 Å². The molecule has 15 heavy (non-hydrogen) atoms. The molecule has 1 amide bonds. The number of nitrogens with one attached hydrogen (secondary N) is 1. The molecule has 1 aliphatic heterocycles. The molecular formula is C12H22N2O. The van der Waals surface area contributed by atoms with Gasteiger partial charge in [-0.2, -0.15) is 0 Å². The number of hydrogen-bond acceptors (Lipinski definition) is 2. The van der Waals surface area contributed by atoms with Crippen LogP contribution >= 0.6 is 0 Å². The summed E-state index contributed by atoms with van der Waals surface area (Å²) in [6, 6.07) is 0.509. The third kappa shape index (κ3) is 2.03. The Hall–Kier alpha value is -0.570. The molecular weight excluding hydrogens is 188 g/mol. The molecule has 1 N–H and O–H groups in total. The molecule has 0 spiro atoms. The smallest absolute Gasteiger partial charge is 0.229 e. The van der Waals surface area contributed by atoms with Crippen LogP contribution in [0.4, 0.5) is 0 Å². The van der Waals surface area contributed by atoms with E-state index < -0.39 is 0 Å². The van der Waals surface area contributed by atoms with Crippen LogP contribution in [0.5, 0.6) is 0 Å². The Kier molecular flexibility index (Phi) is 3.01. The maximum absolute atomic E-state index is 12.3. The van der Waals surface area contributed by atoms with E-state index in [0.29, 0.717) is 11.9 Å². The SMILES string of the molecule is CN(C(=O)C1(C)CCNC1)C1CCCC1. The van der Waals surface area contributed by atoms with Gasteiger partial charge < -0.3 is 10.2 Å². The van der Waals surface area contributed by atoms with Gasteiger partial charge in [-0.05, 0) is 32.7 Å². The fourth-order valence-electron chi connectivity index (χ4n) is 2.88. The number of amides is 1. The van der Waals surface area contributed by atoms with E-state index in [-0.39, 0.29) is 5.41 Å². The Bertz CT molecular complexity index is 240. The van der Waals surface area contributed by atoms with Crippen molar-refractivity contribution in [1.29, 1.82) is 0 Å². The zero-order chi connectivity index (χ0) is 10.9. The number of nitrogens with zero attached hydrogens (tertiary/aromatic N) is 1. The summed E-state index contributed by atoms with van der Waals surface area (Å²) in [6.07, 6.45) is 5.97. The van der Waals surface area contributed by atoms with Crippen molar-refractivity contribution in [2.24, 2.45) is 5.41 Å². The van der Waals surface area contributed by atoms with Gasteiger partial charge in [0.15, 0.2) is 0 Å². The maximum atomic E-state index is 12.3. The van der Waals surface area contributed by atoms with Crippen molar-refractivity contribution in [3.63, 3.8) is 0 Å². The molecule has 2 fully saturated rings. The predicted molar refractivity (Wildman–Crippen MR) is 60.6 cm³/mol. The molecule has 1 saturated carbocycles. The van der Waals surface area contributed by atoms with Crippen molar-refractivity contribution in [1.82, 2.24) is 10.2 Å². The molecule has 0 bridgehead atoms. The fraction of sp³-hybridized carbons (Fsp3) is 0.917. The Morgan fingerprint density at radius 2 is 2.07 bits per heavy atom. The van der Waals surface area contributed by atoms with E-state index in [1.807, 2.05) is 11.9 Å². The minimum absolute atomic E-state index is 0.142. The van der Waals surface area contributed by atoms with Crippen LogP contribution in [-0.4, -0.2) is 37.0 Å². The van der Waals surface area contributed by atoms with E-state index in [1.54, 1.807) is 0 Å². The monoisotopic (exact) mass is 210 g/mol. The standard InChI is InChI=1S/C12H22N2O/c1-12(7-8-13-9-12)11(15)14(2)10-5-3-4-6-10/h10,13H,3-9H2,1-2H3. The lowest BCUT2D eigenvalue weighted by Gasteiger charge is -2.32. The largest absolute Gasteiger partial charge is 0.342 e. The van der Waals surface area contributed by atoms with E-state index in [2.05, 4.69) is 12.2 Å². The third-order valence-corrected chi connectivity index (χ3v) is 4.08. The summed E-state index contributed by atoms with van der Waals surface area (Å²) >= 11 is 0.